The zero-order valence-electron chi connectivity index (χ0n) is 19.7. The third-order valence-electron chi connectivity index (χ3n) is 7.87. The average molecular weight is 477 g/mol. The molecule has 2 aromatic rings. The van der Waals surface area contributed by atoms with Crippen LogP contribution in [0.2, 0.25) is 0 Å². The first-order valence-electron chi connectivity index (χ1n) is 12.6. The quantitative estimate of drug-likeness (QED) is 0.522. The number of benzene rings is 2. The Bertz CT molecular complexity index is 1060. The van der Waals surface area contributed by atoms with Crippen LogP contribution in [0.3, 0.4) is 0 Å². The van der Waals surface area contributed by atoms with Crippen LogP contribution in [0.4, 0.5) is 4.79 Å². The van der Waals surface area contributed by atoms with Gasteiger partial charge in [-0.3, -0.25) is 9.59 Å². The molecule has 7 heteroatoms. The maximum atomic E-state index is 12.7. The number of rotatable bonds is 8. The first-order chi connectivity index (χ1) is 17.0. The summed E-state index contributed by atoms with van der Waals surface area (Å²) in [7, 11) is 0. The molecule has 184 valence electrons. The number of amides is 2. The molecule has 2 saturated carbocycles. The van der Waals surface area contributed by atoms with Crippen molar-refractivity contribution in [3.05, 3.63) is 59.7 Å². The van der Waals surface area contributed by atoms with Crippen molar-refractivity contribution in [2.75, 3.05) is 6.61 Å². The van der Waals surface area contributed by atoms with Crippen LogP contribution in [-0.4, -0.2) is 41.8 Å². The number of hydrogen-bond acceptors (Lipinski definition) is 4. The molecule has 0 bridgehead atoms. The SMILES string of the molecule is O=C(O)CC(NC(=O)C1CC(NC(=O)OCC2c3ccccc3-c3ccccc32)C1)C1CCCC1. The summed E-state index contributed by atoms with van der Waals surface area (Å²) in [6.07, 6.45) is 4.69. The van der Waals surface area contributed by atoms with E-state index < -0.39 is 12.1 Å². The summed E-state index contributed by atoms with van der Waals surface area (Å²) in [5.41, 5.74) is 4.70. The van der Waals surface area contributed by atoms with Gasteiger partial charge in [0.1, 0.15) is 6.61 Å². The van der Waals surface area contributed by atoms with E-state index in [-0.39, 0.29) is 48.8 Å². The smallest absolute Gasteiger partial charge is 0.407 e. The number of alkyl carbamates (subject to hydrolysis) is 1. The summed E-state index contributed by atoms with van der Waals surface area (Å²) in [5.74, 6) is -0.939. The van der Waals surface area contributed by atoms with Gasteiger partial charge in [0.25, 0.3) is 0 Å². The maximum absolute atomic E-state index is 12.7. The van der Waals surface area contributed by atoms with Crippen molar-refractivity contribution >= 4 is 18.0 Å². The lowest BCUT2D eigenvalue weighted by atomic mass is 9.79. The van der Waals surface area contributed by atoms with E-state index in [0.29, 0.717) is 12.8 Å². The normalized spacial score (nSPS) is 21.9. The molecule has 0 spiro atoms. The molecule has 0 heterocycles. The van der Waals surface area contributed by atoms with Crippen LogP contribution in [0.25, 0.3) is 11.1 Å². The van der Waals surface area contributed by atoms with Gasteiger partial charge in [-0.2, -0.15) is 0 Å². The molecule has 5 rings (SSSR count). The molecule has 35 heavy (non-hydrogen) atoms. The van der Waals surface area contributed by atoms with E-state index in [4.69, 9.17) is 4.74 Å². The highest BCUT2D eigenvalue weighted by Crippen LogP contribution is 2.44. The minimum atomic E-state index is -0.884. The molecule has 2 amide bonds. The third kappa shape index (κ3) is 5.04. The number of carbonyl (C=O) groups excluding carboxylic acids is 2. The molecule has 2 aromatic carbocycles. The molecule has 0 aromatic heterocycles. The van der Waals surface area contributed by atoms with E-state index in [1.54, 1.807) is 0 Å². The van der Waals surface area contributed by atoms with Gasteiger partial charge >= 0.3 is 12.1 Å². The van der Waals surface area contributed by atoms with Crippen LogP contribution in [0.15, 0.2) is 48.5 Å². The van der Waals surface area contributed by atoms with Crippen LogP contribution in [-0.2, 0) is 14.3 Å². The highest BCUT2D eigenvalue weighted by Gasteiger charge is 2.38. The zero-order valence-corrected chi connectivity index (χ0v) is 19.7. The number of aliphatic carboxylic acids is 1. The summed E-state index contributed by atoms with van der Waals surface area (Å²) in [6.45, 7) is 0.259. The Morgan fingerprint density at radius 2 is 1.54 bits per heavy atom. The van der Waals surface area contributed by atoms with Gasteiger partial charge in [-0.1, -0.05) is 61.4 Å². The first kappa shape index (κ1) is 23.4. The Hall–Kier alpha value is -3.35. The molecular weight excluding hydrogens is 444 g/mol. The highest BCUT2D eigenvalue weighted by atomic mass is 16.5. The van der Waals surface area contributed by atoms with E-state index in [2.05, 4.69) is 34.9 Å². The predicted octanol–water partition coefficient (Wildman–Crippen LogP) is 4.45. The van der Waals surface area contributed by atoms with Crippen LogP contribution >= 0.6 is 0 Å². The Labute approximate surface area is 205 Å². The van der Waals surface area contributed by atoms with Gasteiger partial charge in [0.2, 0.25) is 5.91 Å². The van der Waals surface area contributed by atoms with Crippen LogP contribution in [0.1, 0.15) is 62.0 Å². The zero-order chi connectivity index (χ0) is 24.4. The maximum Gasteiger partial charge on any atom is 0.407 e. The fraction of sp³-hybridized carbons (Fsp3) is 0.464. The topological polar surface area (TPSA) is 105 Å². The number of ether oxygens (including phenoxy) is 1. The molecule has 2 fully saturated rings. The van der Waals surface area contributed by atoms with Gasteiger partial charge in [0.05, 0.1) is 6.42 Å². The molecular formula is C28H32N2O5. The third-order valence-corrected chi connectivity index (χ3v) is 7.87. The second-order valence-electron chi connectivity index (χ2n) is 10.1. The molecule has 3 aliphatic rings. The number of nitrogens with one attached hydrogen (secondary N) is 2. The van der Waals surface area contributed by atoms with Gasteiger partial charge in [0.15, 0.2) is 0 Å². The fourth-order valence-electron chi connectivity index (χ4n) is 5.94. The highest BCUT2D eigenvalue weighted by molar-refractivity contribution is 5.81. The number of fused-ring (bicyclic) bond motifs is 3. The van der Waals surface area contributed by atoms with Crippen molar-refractivity contribution in [1.82, 2.24) is 10.6 Å². The van der Waals surface area contributed by atoms with Crippen molar-refractivity contribution in [2.24, 2.45) is 11.8 Å². The lowest BCUT2D eigenvalue weighted by Gasteiger charge is -2.36. The molecule has 0 saturated heterocycles. The number of carboxylic acid groups (broad SMARTS) is 1. The monoisotopic (exact) mass is 476 g/mol. The number of hydrogen-bond donors (Lipinski definition) is 3. The fourth-order valence-corrected chi connectivity index (χ4v) is 5.94. The second kappa shape index (κ2) is 10.1. The van der Waals surface area contributed by atoms with Gasteiger partial charge in [-0.05, 0) is 53.9 Å². The molecule has 0 aliphatic heterocycles. The molecule has 3 N–H and O–H groups in total. The van der Waals surface area contributed by atoms with E-state index in [9.17, 15) is 19.5 Å². The van der Waals surface area contributed by atoms with Crippen LogP contribution < -0.4 is 10.6 Å². The number of carbonyl (C=O) groups is 3. The predicted molar refractivity (Wildman–Crippen MR) is 131 cm³/mol. The lowest BCUT2D eigenvalue weighted by molar-refractivity contribution is -0.138. The van der Waals surface area contributed by atoms with Crippen LogP contribution in [0, 0.1) is 11.8 Å². The lowest BCUT2D eigenvalue weighted by Crippen LogP contribution is -2.52. The van der Waals surface area contributed by atoms with E-state index >= 15 is 0 Å². The summed E-state index contributed by atoms with van der Waals surface area (Å²) >= 11 is 0. The standard InChI is InChI=1S/C28H32N2O5/c31-26(32)15-25(17-7-1-2-8-17)30-27(33)18-13-19(14-18)29-28(34)35-16-24-22-11-5-3-9-20(22)21-10-4-6-12-23(21)24/h3-6,9-12,17-19,24-25H,1-2,7-8,13-16H2,(H,29,34)(H,30,33)(H,31,32). The Balaban J connectivity index is 1.09. The Kier molecular flexibility index (Phi) is 6.75. The number of carboxylic acids is 1. The van der Waals surface area contributed by atoms with E-state index in [0.717, 1.165) is 25.7 Å². The largest absolute Gasteiger partial charge is 0.481 e. The molecule has 7 nitrogen and oxygen atoms in total. The van der Waals surface area contributed by atoms with Crippen molar-refractivity contribution in [3.63, 3.8) is 0 Å². The molecule has 1 atom stereocenters. The average Bonchev–Trinajstić information content (AvgIpc) is 3.46. The van der Waals surface area contributed by atoms with Gasteiger partial charge in [-0.25, -0.2) is 4.79 Å². The summed E-state index contributed by atoms with van der Waals surface area (Å²) in [4.78, 5) is 36.4. The summed E-state index contributed by atoms with van der Waals surface area (Å²) < 4.78 is 5.60. The molecule has 3 aliphatic carbocycles. The van der Waals surface area contributed by atoms with Gasteiger partial charge < -0.3 is 20.5 Å². The van der Waals surface area contributed by atoms with Gasteiger partial charge in [-0.15, -0.1) is 0 Å². The Morgan fingerprint density at radius 3 is 2.14 bits per heavy atom. The first-order valence-corrected chi connectivity index (χ1v) is 12.6. The van der Waals surface area contributed by atoms with Gasteiger partial charge in [0, 0.05) is 23.9 Å². The van der Waals surface area contributed by atoms with E-state index in [1.807, 2.05) is 24.3 Å². The van der Waals surface area contributed by atoms with Crippen molar-refractivity contribution in [3.8, 4) is 11.1 Å². The van der Waals surface area contributed by atoms with Crippen molar-refractivity contribution in [1.29, 1.82) is 0 Å². The summed E-state index contributed by atoms with van der Waals surface area (Å²) in [5, 5.41) is 15.1. The molecule has 1 unspecified atom stereocenters. The molecule has 0 radical (unpaired) electrons. The second-order valence-corrected chi connectivity index (χ2v) is 10.1. The minimum Gasteiger partial charge on any atom is -0.481 e. The Morgan fingerprint density at radius 1 is 0.943 bits per heavy atom. The van der Waals surface area contributed by atoms with Crippen LogP contribution in [0.5, 0.6) is 0 Å². The summed E-state index contributed by atoms with van der Waals surface area (Å²) in [6, 6.07) is 16.0. The minimum absolute atomic E-state index is 0.00910. The van der Waals surface area contributed by atoms with E-state index in [1.165, 1.54) is 22.3 Å². The van der Waals surface area contributed by atoms with Crippen molar-refractivity contribution < 1.29 is 24.2 Å². The van der Waals surface area contributed by atoms with Crippen molar-refractivity contribution in [2.45, 2.75) is 62.9 Å².